The number of rotatable bonds is 5. The van der Waals surface area contributed by atoms with Crippen LogP contribution in [0.2, 0.25) is 5.02 Å². The normalized spacial score (nSPS) is 13.0. The first-order valence-corrected chi connectivity index (χ1v) is 11.3. The predicted octanol–water partition coefficient (Wildman–Crippen LogP) is 6.82. The number of carbonyl (C=O) groups is 1. The molecule has 0 unspecified atom stereocenters. The van der Waals surface area contributed by atoms with E-state index in [0.717, 1.165) is 35.1 Å². The van der Waals surface area contributed by atoms with Crippen molar-refractivity contribution < 1.29 is 4.79 Å². The van der Waals surface area contributed by atoms with Gasteiger partial charge in [-0.3, -0.25) is 4.79 Å². The molecule has 0 radical (unpaired) electrons. The Kier molecular flexibility index (Phi) is 5.79. The van der Waals surface area contributed by atoms with E-state index in [1.165, 1.54) is 11.1 Å². The maximum Gasteiger partial charge on any atom is 0.255 e. The Morgan fingerprint density at radius 3 is 2.03 bits per heavy atom. The van der Waals surface area contributed by atoms with Gasteiger partial charge in [0.05, 0.1) is 0 Å². The fourth-order valence-electron chi connectivity index (χ4n) is 4.60. The Hall–Kier alpha value is -3.36. The van der Waals surface area contributed by atoms with Crippen molar-refractivity contribution in [2.75, 3.05) is 0 Å². The van der Waals surface area contributed by atoms with Crippen LogP contribution in [-0.4, -0.2) is 16.8 Å². The molecule has 0 aromatic heterocycles. The van der Waals surface area contributed by atoms with Crippen LogP contribution in [0.15, 0.2) is 103 Å². The third-order valence-corrected chi connectivity index (χ3v) is 6.49. The van der Waals surface area contributed by atoms with Crippen molar-refractivity contribution >= 4 is 17.5 Å². The minimum atomic E-state index is 0.0669. The fourth-order valence-corrected chi connectivity index (χ4v) is 4.73. The van der Waals surface area contributed by atoms with E-state index in [2.05, 4.69) is 36.4 Å². The van der Waals surface area contributed by atoms with Gasteiger partial charge < -0.3 is 4.90 Å². The minimum absolute atomic E-state index is 0.0669. The Labute approximate surface area is 194 Å². The van der Waals surface area contributed by atoms with Crippen molar-refractivity contribution in [3.05, 3.63) is 130 Å². The van der Waals surface area contributed by atoms with Gasteiger partial charge in [0.15, 0.2) is 0 Å². The summed E-state index contributed by atoms with van der Waals surface area (Å²) in [6.07, 6.45) is 1.76. The molecule has 32 heavy (non-hydrogen) atoms. The lowest BCUT2D eigenvalue weighted by Crippen LogP contribution is -2.40. The van der Waals surface area contributed by atoms with Gasteiger partial charge in [-0.15, -0.1) is 0 Å². The second-order valence-corrected chi connectivity index (χ2v) is 8.74. The van der Waals surface area contributed by atoms with Gasteiger partial charge in [0.2, 0.25) is 0 Å². The van der Waals surface area contributed by atoms with Gasteiger partial charge in [-0.1, -0.05) is 96.5 Å². The predicted molar refractivity (Wildman–Crippen MR) is 131 cm³/mol. The summed E-state index contributed by atoms with van der Waals surface area (Å²) in [5.41, 5.74) is 6.51. The fraction of sp³-hybridized carbons (Fsp3) is 0.138. The Morgan fingerprint density at radius 1 is 0.750 bits per heavy atom. The lowest BCUT2D eigenvalue weighted by molar-refractivity contribution is 0.0668. The highest BCUT2D eigenvalue weighted by molar-refractivity contribution is 6.30. The van der Waals surface area contributed by atoms with Crippen LogP contribution in [0.5, 0.6) is 0 Å². The third kappa shape index (κ3) is 4.19. The topological polar surface area (TPSA) is 20.3 Å². The van der Waals surface area contributed by atoms with Gasteiger partial charge in [0.1, 0.15) is 0 Å². The molecule has 4 aromatic rings. The van der Waals surface area contributed by atoms with Gasteiger partial charge in [0, 0.05) is 23.2 Å². The van der Waals surface area contributed by atoms with Crippen molar-refractivity contribution in [2.45, 2.75) is 25.4 Å². The van der Waals surface area contributed by atoms with E-state index in [4.69, 9.17) is 11.6 Å². The summed E-state index contributed by atoms with van der Waals surface area (Å²) in [6, 6.07) is 34.5. The summed E-state index contributed by atoms with van der Waals surface area (Å²) < 4.78 is 0. The highest BCUT2D eigenvalue weighted by Gasteiger charge is 2.31. The molecule has 0 fully saturated rings. The van der Waals surface area contributed by atoms with E-state index >= 15 is 0 Å². The summed E-state index contributed by atoms with van der Waals surface area (Å²) in [4.78, 5) is 16.1. The molecule has 2 nitrogen and oxygen atoms in total. The second kappa shape index (κ2) is 9.02. The molecule has 0 bridgehead atoms. The number of benzene rings is 4. The molecule has 0 atom stereocenters. The lowest BCUT2D eigenvalue weighted by Gasteiger charge is -2.30. The third-order valence-electron chi connectivity index (χ3n) is 6.24. The van der Waals surface area contributed by atoms with Gasteiger partial charge >= 0.3 is 0 Å². The largest absolute Gasteiger partial charge is 0.331 e. The van der Waals surface area contributed by atoms with E-state index in [1.807, 2.05) is 71.6 Å². The van der Waals surface area contributed by atoms with Crippen LogP contribution < -0.4 is 0 Å². The van der Waals surface area contributed by atoms with Gasteiger partial charge in [-0.2, -0.15) is 0 Å². The highest BCUT2D eigenvalue weighted by atomic mass is 35.5. The zero-order chi connectivity index (χ0) is 21.9. The number of amides is 1. The molecule has 0 aliphatic heterocycles. The molecular weight excluding hydrogens is 414 g/mol. The maximum atomic E-state index is 14.0. The quantitative estimate of drug-likeness (QED) is 0.335. The molecule has 0 saturated heterocycles. The summed E-state index contributed by atoms with van der Waals surface area (Å²) in [5, 5.41) is 0.703. The molecule has 0 spiro atoms. The smallest absolute Gasteiger partial charge is 0.255 e. The molecule has 1 aliphatic rings. The van der Waals surface area contributed by atoms with Crippen LogP contribution in [0.25, 0.3) is 11.1 Å². The summed E-state index contributed by atoms with van der Waals surface area (Å²) in [6.45, 7) is 0.553. The SMILES string of the molecule is O=C(c1ccccc1-c1ccccc1)N(Cc1ccc(Cl)cc1)C1Cc2ccccc2C1. The molecule has 0 N–H and O–H groups in total. The molecule has 158 valence electrons. The van der Waals surface area contributed by atoms with E-state index < -0.39 is 0 Å². The monoisotopic (exact) mass is 437 g/mol. The molecule has 3 heteroatoms. The first-order chi connectivity index (χ1) is 15.7. The van der Waals surface area contributed by atoms with Crippen molar-refractivity contribution in [3.8, 4) is 11.1 Å². The Morgan fingerprint density at radius 2 is 1.34 bits per heavy atom. The van der Waals surface area contributed by atoms with Crippen LogP contribution in [-0.2, 0) is 19.4 Å². The summed E-state index contributed by atoms with van der Waals surface area (Å²) in [5.74, 6) is 0.0669. The highest BCUT2D eigenvalue weighted by Crippen LogP contribution is 2.30. The average Bonchev–Trinajstić information content (AvgIpc) is 3.28. The molecule has 4 aromatic carbocycles. The minimum Gasteiger partial charge on any atom is -0.331 e. The molecule has 0 heterocycles. The zero-order valence-corrected chi connectivity index (χ0v) is 18.5. The zero-order valence-electron chi connectivity index (χ0n) is 17.7. The molecule has 5 rings (SSSR count). The first-order valence-electron chi connectivity index (χ1n) is 11.0. The molecule has 0 saturated carbocycles. The van der Waals surface area contributed by atoms with E-state index in [1.54, 1.807) is 0 Å². The van der Waals surface area contributed by atoms with Gasteiger partial charge in [0.25, 0.3) is 5.91 Å². The van der Waals surface area contributed by atoms with Crippen molar-refractivity contribution in [2.24, 2.45) is 0 Å². The number of nitrogens with zero attached hydrogens (tertiary/aromatic N) is 1. The van der Waals surface area contributed by atoms with E-state index in [9.17, 15) is 4.79 Å². The summed E-state index contributed by atoms with van der Waals surface area (Å²) >= 11 is 6.10. The average molecular weight is 438 g/mol. The Balaban J connectivity index is 1.52. The van der Waals surface area contributed by atoms with Gasteiger partial charge in [-0.05, 0) is 58.9 Å². The number of fused-ring (bicyclic) bond motifs is 1. The van der Waals surface area contributed by atoms with Crippen molar-refractivity contribution in [1.82, 2.24) is 4.90 Å². The number of halogens is 1. The summed E-state index contributed by atoms with van der Waals surface area (Å²) in [7, 11) is 0. The Bertz CT molecular complexity index is 1210. The molecular formula is C29H24ClNO. The van der Waals surface area contributed by atoms with Crippen LogP contribution >= 0.6 is 11.6 Å². The second-order valence-electron chi connectivity index (χ2n) is 8.30. The van der Waals surface area contributed by atoms with Crippen LogP contribution in [0.1, 0.15) is 27.0 Å². The van der Waals surface area contributed by atoms with Crippen LogP contribution in [0.4, 0.5) is 0 Å². The number of carbonyl (C=O) groups excluding carboxylic acids is 1. The standard InChI is InChI=1S/C29H24ClNO/c30-25-16-14-21(15-17-25)20-31(26-18-23-10-4-5-11-24(23)19-26)29(32)28-13-7-6-12-27(28)22-8-2-1-3-9-22/h1-17,26H,18-20H2. The van der Waals surface area contributed by atoms with Crippen molar-refractivity contribution in [1.29, 1.82) is 0 Å². The number of hydrogen-bond donors (Lipinski definition) is 0. The van der Waals surface area contributed by atoms with Gasteiger partial charge in [-0.25, -0.2) is 0 Å². The van der Waals surface area contributed by atoms with E-state index in [-0.39, 0.29) is 11.9 Å². The van der Waals surface area contributed by atoms with E-state index in [0.29, 0.717) is 11.6 Å². The van der Waals surface area contributed by atoms with Crippen LogP contribution in [0.3, 0.4) is 0 Å². The molecule has 1 aliphatic carbocycles. The first kappa shape index (κ1) is 20.5. The molecule has 1 amide bonds. The maximum absolute atomic E-state index is 14.0. The van der Waals surface area contributed by atoms with Crippen LogP contribution in [0, 0.1) is 0 Å². The number of hydrogen-bond acceptors (Lipinski definition) is 1. The lowest BCUT2D eigenvalue weighted by atomic mass is 9.98. The van der Waals surface area contributed by atoms with Crippen molar-refractivity contribution in [3.63, 3.8) is 0 Å².